The van der Waals surface area contributed by atoms with Crippen molar-refractivity contribution in [1.29, 1.82) is 0 Å². The van der Waals surface area contributed by atoms with Gasteiger partial charge in [0.05, 0.1) is 0 Å². The van der Waals surface area contributed by atoms with Crippen LogP contribution in [0.5, 0.6) is 5.75 Å². The van der Waals surface area contributed by atoms with Crippen molar-refractivity contribution in [1.82, 2.24) is 10.3 Å². The van der Waals surface area contributed by atoms with Gasteiger partial charge in [0.1, 0.15) is 0 Å². The second kappa shape index (κ2) is 3.62. The Morgan fingerprint density at radius 2 is 2.54 bits per heavy atom. The monoisotopic (exact) mass is 179 g/mol. The molecule has 1 aliphatic heterocycles. The van der Waals surface area contributed by atoms with E-state index in [0.29, 0.717) is 11.9 Å². The smallest absolute Gasteiger partial charge is 0.168 e. The molecule has 1 unspecified atom stereocenters. The van der Waals surface area contributed by atoms with Gasteiger partial charge in [-0.1, -0.05) is 0 Å². The van der Waals surface area contributed by atoms with Gasteiger partial charge < -0.3 is 15.7 Å². The molecule has 1 aromatic heterocycles. The Labute approximate surface area is 77.0 Å². The van der Waals surface area contributed by atoms with Crippen LogP contribution in [0.1, 0.15) is 6.42 Å². The Morgan fingerprint density at radius 1 is 1.62 bits per heavy atom. The molecule has 1 aromatic rings. The van der Waals surface area contributed by atoms with Gasteiger partial charge in [-0.05, 0) is 25.1 Å². The molecule has 1 aliphatic rings. The zero-order chi connectivity index (χ0) is 9.10. The molecule has 2 heterocycles. The lowest BCUT2D eigenvalue weighted by atomic mass is 10.2. The van der Waals surface area contributed by atoms with Gasteiger partial charge in [-0.25, -0.2) is 4.98 Å². The van der Waals surface area contributed by atoms with Gasteiger partial charge >= 0.3 is 0 Å². The number of pyridine rings is 1. The van der Waals surface area contributed by atoms with Crippen LogP contribution < -0.4 is 10.6 Å². The van der Waals surface area contributed by atoms with Crippen molar-refractivity contribution >= 4 is 5.82 Å². The molecule has 13 heavy (non-hydrogen) atoms. The molecule has 1 saturated heterocycles. The van der Waals surface area contributed by atoms with E-state index < -0.39 is 0 Å². The van der Waals surface area contributed by atoms with Gasteiger partial charge in [0.15, 0.2) is 11.6 Å². The fourth-order valence-corrected chi connectivity index (χ4v) is 1.48. The molecule has 4 heteroatoms. The van der Waals surface area contributed by atoms with Crippen LogP contribution >= 0.6 is 0 Å². The predicted molar refractivity (Wildman–Crippen MR) is 50.8 cm³/mol. The summed E-state index contributed by atoms with van der Waals surface area (Å²) in [6.07, 6.45) is 2.75. The highest BCUT2D eigenvalue weighted by Crippen LogP contribution is 2.20. The Bertz CT molecular complexity index is 284. The lowest BCUT2D eigenvalue weighted by Gasteiger charge is -2.12. The maximum atomic E-state index is 9.43. The van der Waals surface area contributed by atoms with E-state index >= 15 is 0 Å². The van der Waals surface area contributed by atoms with Gasteiger partial charge in [-0.3, -0.25) is 0 Å². The number of aromatic hydroxyl groups is 1. The second-order valence-electron chi connectivity index (χ2n) is 3.21. The maximum absolute atomic E-state index is 9.43. The molecule has 1 fully saturated rings. The number of aromatic nitrogens is 1. The predicted octanol–water partition coefficient (Wildman–Crippen LogP) is 0.561. The van der Waals surface area contributed by atoms with E-state index in [4.69, 9.17) is 0 Å². The summed E-state index contributed by atoms with van der Waals surface area (Å²) in [5.74, 6) is 0.797. The highest BCUT2D eigenvalue weighted by atomic mass is 16.3. The summed E-state index contributed by atoms with van der Waals surface area (Å²) in [6.45, 7) is 1.97. The van der Waals surface area contributed by atoms with Crippen LogP contribution in [0.25, 0.3) is 0 Å². The summed E-state index contributed by atoms with van der Waals surface area (Å²) >= 11 is 0. The van der Waals surface area contributed by atoms with Crippen molar-refractivity contribution < 1.29 is 5.11 Å². The van der Waals surface area contributed by atoms with E-state index in [2.05, 4.69) is 15.6 Å². The first-order valence-electron chi connectivity index (χ1n) is 4.47. The van der Waals surface area contributed by atoms with E-state index in [1.54, 1.807) is 18.3 Å². The molecule has 70 valence electrons. The number of nitrogens with zero attached hydrogens (tertiary/aromatic N) is 1. The minimum atomic E-state index is 0.217. The fraction of sp³-hybridized carbons (Fsp3) is 0.444. The normalized spacial score (nSPS) is 21.7. The average Bonchev–Trinajstić information content (AvgIpc) is 2.61. The van der Waals surface area contributed by atoms with Crippen LogP contribution in [0.2, 0.25) is 0 Å². The standard InChI is InChI=1S/C9H13N3O/c13-8-2-1-4-11-9(8)12-7-3-5-10-6-7/h1-2,4,7,10,13H,3,5-6H2,(H,11,12). The topological polar surface area (TPSA) is 57.2 Å². The van der Waals surface area contributed by atoms with Crippen molar-refractivity contribution in [3.05, 3.63) is 18.3 Å². The molecule has 0 saturated carbocycles. The summed E-state index contributed by atoms with van der Waals surface area (Å²) < 4.78 is 0. The zero-order valence-electron chi connectivity index (χ0n) is 7.33. The molecule has 0 aliphatic carbocycles. The Kier molecular flexibility index (Phi) is 2.31. The largest absolute Gasteiger partial charge is 0.504 e. The molecule has 0 amide bonds. The molecular formula is C9H13N3O. The van der Waals surface area contributed by atoms with Crippen molar-refractivity contribution in [2.75, 3.05) is 18.4 Å². The fourth-order valence-electron chi connectivity index (χ4n) is 1.48. The SMILES string of the molecule is Oc1cccnc1NC1CCNC1. The summed E-state index contributed by atoms with van der Waals surface area (Å²) in [5, 5.41) is 15.9. The van der Waals surface area contributed by atoms with Gasteiger partial charge in [0.25, 0.3) is 0 Å². The molecule has 1 atom stereocenters. The molecule has 0 aromatic carbocycles. The Balaban J connectivity index is 2.04. The highest BCUT2D eigenvalue weighted by molar-refractivity contribution is 5.49. The third-order valence-corrected chi connectivity index (χ3v) is 2.19. The molecular weight excluding hydrogens is 166 g/mol. The average molecular weight is 179 g/mol. The van der Waals surface area contributed by atoms with Crippen LogP contribution in [0.3, 0.4) is 0 Å². The number of rotatable bonds is 2. The van der Waals surface area contributed by atoms with Crippen molar-refractivity contribution in [2.45, 2.75) is 12.5 Å². The molecule has 0 spiro atoms. The minimum Gasteiger partial charge on any atom is -0.504 e. The lowest BCUT2D eigenvalue weighted by molar-refractivity contribution is 0.474. The van der Waals surface area contributed by atoms with Gasteiger partial charge in [0.2, 0.25) is 0 Å². The first-order valence-corrected chi connectivity index (χ1v) is 4.47. The number of nitrogens with one attached hydrogen (secondary N) is 2. The third kappa shape index (κ3) is 1.89. The van der Waals surface area contributed by atoms with Crippen LogP contribution in [0.4, 0.5) is 5.82 Å². The Morgan fingerprint density at radius 3 is 3.23 bits per heavy atom. The first kappa shape index (κ1) is 8.31. The van der Waals surface area contributed by atoms with Crippen molar-refractivity contribution in [3.8, 4) is 5.75 Å². The molecule has 2 rings (SSSR count). The van der Waals surface area contributed by atoms with Gasteiger partial charge in [-0.15, -0.1) is 0 Å². The lowest BCUT2D eigenvalue weighted by Crippen LogP contribution is -2.22. The maximum Gasteiger partial charge on any atom is 0.168 e. The Hall–Kier alpha value is -1.29. The third-order valence-electron chi connectivity index (χ3n) is 2.19. The van der Waals surface area contributed by atoms with Crippen LogP contribution in [-0.2, 0) is 0 Å². The summed E-state index contributed by atoms with van der Waals surface area (Å²) in [6, 6.07) is 3.74. The summed E-state index contributed by atoms with van der Waals surface area (Å²) in [7, 11) is 0. The van der Waals surface area contributed by atoms with Gasteiger partial charge in [0, 0.05) is 18.8 Å². The first-order chi connectivity index (χ1) is 6.36. The van der Waals surface area contributed by atoms with Gasteiger partial charge in [-0.2, -0.15) is 0 Å². The summed E-state index contributed by atoms with van der Waals surface area (Å²) in [4.78, 5) is 4.05. The minimum absolute atomic E-state index is 0.217. The van der Waals surface area contributed by atoms with Crippen molar-refractivity contribution in [3.63, 3.8) is 0 Å². The van der Waals surface area contributed by atoms with Crippen LogP contribution in [-0.4, -0.2) is 29.2 Å². The van der Waals surface area contributed by atoms with Crippen molar-refractivity contribution in [2.24, 2.45) is 0 Å². The number of hydrogen-bond acceptors (Lipinski definition) is 4. The summed E-state index contributed by atoms with van der Waals surface area (Å²) in [5.41, 5.74) is 0. The van der Waals surface area contributed by atoms with Crippen LogP contribution in [0.15, 0.2) is 18.3 Å². The number of anilines is 1. The molecule has 0 radical (unpaired) electrons. The van der Waals surface area contributed by atoms with Crippen LogP contribution in [0, 0.1) is 0 Å². The molecule has 4 nitrogen and oxygen atoms in total. The second-order valence-corrected chi connectivity index (χ2v) is 3.21. The number of hydrogen-bond donors (Lipinski definition) is 3. The van der Waals surface area contributed by atoms with E-state index in [1.807, 2.05) is 0 Å². The quantitative estimate of drug-likeness (QED) is 0.621. The molecule has 3 N–H and O–H groups in total. The van der Waals surface area contributed by atoms with E-state index in [-0.39, 0.29) is 5.75 Å². The van der Waals surface area contributed by atoms with E-state index in [1.165, 1.54) is 0 Å². The molecule has 0 bridgehead atoms. The van der Waals surface area contributed by atoms with E-state index in [0.717, 1.165) is 19.5 Å². The highest BCUT2D eigenvalue weighted by Gasteiger charge is 2.15. The van der Waals surface area contributed by atoms with E-state index in [9.17, 15) is 5.11 Å². The zero-order valence-corrected chi connectivity index (χ0v) is 7.33.